The molecule has 1 saturated heterocycles. The molecule has 2 aromatic carbocycles. The van der Waals surface area contributed by atoms with E-state index in [1.54, 1.807) is 18.2 Å². The Kier molecular flexibility index (Phi) is 8.81. The summed E-state index contributed by atoms with van der Waals surface area (Å²) >= 11 is 0. The number of rotatable bonds is 12. The maximum absolute atomic E-state index is 13.2. The van der Waals surface area contributed by atoms with Gasteiger partial charge in [-0.05, 0) is 72.9 Å². The van der Waals surface area contributed by atoms with Crippen molar-refractivity contribution in [2.24, 2.45) is 10.8 Å². The van der Waals surface area contributed by atoms with Crippen LogP contribution in [0.5, 0.6) is 0 Å². The second-order valence-corrected chi connectivity index (χ2v) is 13.6. The summed E-state index contributed by atoms with van der Waals surface area (Å²) in [5, 5.41) is 12.2. The quantitative estimate of drug-likeness (QED) is 0.204. The highest BCUT2D eigenvalue weighted by Crippen LogP contribution is 2.53. The smallest absolute Gasteiger partial charge is 0.264 e. The molecular formula is C34H43N5O5. The third-order valence-electron chi connectivity index (χ3n) is 9.11. The normalized spacial score (nSPS) is 20.5. The van der Waals surface area contributed by atoms with Gasteiger partial charge in [0.2, 0.25) is 11.8 Å². The third kappa shape index (κ3) is 6.34. The molecule has 2 fully saturated rings. The Morgan fingerprint density at radius 2 is 1.52 bits per heavy atom. The summed E-state index contributed by atoms with van der Waals surface area (Å²) in [4.78, 5) is 63.8. The average molecular weight is 602 g/mol. The Morgan fingerprint density at radius 1 is 0.864 bits per heavy atom. The van der Waals surface area contributed by atoms with Crippen molar-refractivity contribution in [1.82, 2.24) is 15.5 Å². The molecule has 2 aliphatic heterocycles. The number of benzene rings is 2. The first-order valence-electron chi connectivity index (χ1n) is 15.6. The number of hydrogen-bond acceptors (Lipinski definition) is 7. The van der Waals surface area contributed by atoms with Crippen LogP contribution >= 0.6 is 0 Å². The summed E-state index contributed by atoms with van der Waals surface area (Å²) in [6, 6.07) is 11.9. The molecule has 4 N–H and O–H groups in total. The molecule has 5 amide bonds. The zero-order chi connectivity index (χ0) is 31.6. The predicted octanol–water partition coefficient (Wildman–Crippen LogP) is 4.73. The van der Waals surface area contributed by atoms with Crippen LogP contribution in [0, 0.1) is 10.8 Å². The van der Waals surface area contributed by atoms with Crippen LogP contribution in [0.3, 0.4) is 0 Å². The van der Waals surface area contributed by atoms with Gasteiger partial charge in [0.05, 0.1) is 11.1 Å². The molecule has 0 bridgehead atoms. The fourth-order valence-corrected chi connectivity index (χ4v) is 7.37. The fourth-order valence-electron chi connectivity index (χ4n) is 7.37. The number of fused-ring (bicyclic) bond motifs is 1. The second-order valence-electron chi connectivity index (χ2n) is 13.6. The number of unbranched alkanes of at least 4 members (excludes halogenated alkanes) is 3. The minimum atomic E-state index is -0.976. The Hall–Kier alpha value is -4.21. The van der Waals surface area contributed by atoms with Crippen molar-refractivity contribution >= 4 is 40.9 Å². The number of amides is 5. The van der Waals surface area contributed by atoms with E-state index in [1.807, 2.05) is 24.3 Å². The molecule has 1 atom stereocenters. The summed E-state index contributed by atoms with van der Waals surface area (Å²) in [6.45, 7) is 10.3. The summed E-state index contributed by atoms with van der Waals surface area (Å²) in [7, 11) is 0. The lowest BCUT2D eigenvalue weighted by Crippen LogP contribution is -2.63. The van der Waals surface area contributed by atoms with Gasteiger partial charge in [-0.1, -0.05) is 46.6 Å². The van der Waals surface area contributed by atoms with Gasteiger partial charge in [-0.2, -0.15) is 0 Å². The van der Waals surface area contributed by atoms with Gasteiger partial charge in [0.1, 0.15) is 6.04 Å². The molecule has 0 aromatic heterocycles. The Morgan fingerprint density at radius 3 is 2.16 bits per heavy atom. The van der Waals surface area contributed by atoms with Crippen molar-refractivity contribution in [3.05, 3.63) is 59.2 Å². The van der Waals surface area contributed by atoms with Crippen molar-refractivity contribution in [1.29, 1.82) is 0 Å². The van der Waals surface area contributed by atoms with Gasteiger partial charge >= 0.3 is 0 Å². The van der Waals surface area contributed by atoms with E-state index >= 15 is 0 Å². The zero-order valence-corrected chi connectivity index (χ0v) is 26.0. The van der Waals surface area contributed by atoms with E-state index in [2.05, 4.69) is 49.0 Å². The number of imide groups is 2. The molecule has 0 radical (unpaired) electrons. The van der Waals surface area contributed by atoms with Gasteiger partial charge in [0, 0.05) is 42.5 Å². The Bertz CT molecular complexity index is 1450. The van der Waals surface area contributed by atoms with E-state index in [-0.39, 0.29) is 46.7 Å². The second kappa shape index (κ2) is 12.4. The molecule has 2 heterocycles. The summed E-state index contributed by atoms with van der Waals surface area (Å²) < 4.78 is 0. The van der Waals surface area contributed by atoms with Gasteiger partial charge in [-0.25, -0.2) is 0 Å². The van der Waals surface area contributed by atoms with E-state index in [0.29, 0.717) is 17.8 Å². The monoisotopic (exact) mass is 601 g/mol. The number of anilines is 2. The predicted molar refractivity (Wildman–Crippen MR) is 168 cm³/mol. The van der Waals surface area contributed by atoms with Crippen molar-refractivity contribution < 1.29 is 24.0 Å². The number of nitrogens with zero attached hydrogens (tertiary/aromatic N) is 1. The largest absolute Gasteiger partial charge is 0.385 e. The van der Waals surface area contributed by atoms with Crippen LogP contribution in [-0.2, 0) is 9.59 Å². The molecule has 1 aliphatic carbocycles. The maximum atomic E-state index is 13.2. The third-order valence-corrected chi connectivity index (χ3v) is 9.11. The van der Waals surface area contributed by atoms with Gasteiger partial charge < -0.3 is 16.0 Å². The van der Waals surface area contributed by atoms with Crippen LogP contribution in [-0.4, -0.2) is 59.6 Å². The lowest BCUT2D eigenvalue weighted by atomic mass is 9.52. The molecule has 3 aliphatic rings. The summed E-state index contributed by atoms with van der Waals surface area (Å²) in [6.07, 6.45) is 5.21. The Balaban J connectivity index is 1.01. The van der Waals surface area contributed by atoms with Crippen LogP contribution in [0.25, 0.3) is 0 Å². The maximum Gasteiger partial charge on any atom is 0.264 e. The fraction of sp³-hybridized carbons (Fsp3) is 0.500. The van der Waals surface area contributed by atoms with Gasteiger partial charge in [0.25, 0.3) is 17.7 Å². The minimum Gasteiger partial charge on any atom is -0.385 e. The minimum absolute atomic E-state index is 0.0286. The Labute approximate surface area is 258 Å². The standard InChI is InChI=1S/C34H43N5O5/c1-33(2)20-34(3,4)32(33)38-28(41)21-12-14-22(15-13-21)35-18-7-5-6-8-19-36-24-11-9-10-23-27(24)31(44)39(30(23)43)25-16-17-26(40)37-29(25)42/h9-15,25,32,35-36H,5-8,16-20H2,1-4H3,(H,38,41)(H,37,40,42). The number of hydrogen-bond donors (Lipinski definition) is 4. The first-order chi connectivity index (χ1) is 20.9. The molecule has 2 aromatic rings. The van der Waals surface area contributed by atoms with E-state index in [0.717, 1.165) is 49.2 Å². The number of piperidine rings is 1. The lowest BCUT2D eigenvalue weighted by molar-refractivity contribution is -0.136. The van der Waals surface area contributed by atoms with Crippen molar-refractivity contribution in [3.63, 3.8) is 0 Å². The van der Waals surface area contributed by atoms with Gasteiger partial charge in [0.15, 0.2) is 0 Å². The van der Waals surface area contributed by atoms with Crippen molar-refractivity contribution in [2.75, 3.05) is 23.7 Å². The molecule has 10 heteroatoms. The van der Waals surface area contributed by atoms with E-state index in [4.69, 9.17) is 0 Å². The summed E-state index contributed by atoms with van der Waals surface area (Å²) in [5.74, 6) is -2.05. The van der Waals surface area contributed by atoms with Crippen LogP contribution in [0.2, 0.25) is 0 Å². The van der Waals surface area contributed by atoms with Crippen molar-refractivity contribution in [3.8, 4) is 0 Å². The van der Waals surface area contributed by atoms with E-state index in [1.165, 1.54) is 0 Å². The first-order valence-corrected chi connectivity index (χ1v) is 15.6. The van der Waals surface area contributed by atoms with Gasteiger partial charge in [-0.15, -0.1) is 0 Å². The molecule has 234 valence electrons. The molecular weight excluding hydrogens is 558 g/mol. The average Bonchev–Trinajstić information content (AvgIpc) is 3.22. The van der Waals surface area contributed by atoms with E-state index < -0.39 is 29.7 Å². The van der Waals surface area contributed by atoms with Crippen molar-refractivity contribution in [2.45, 2.75) is 84.7 Å². The van der Waals surface area contributed by atoms with Crippen LogP contribution in [0.4, 0.5) is 11.4 Å². The zero-order valence-electron chi connectivity index (χ0n) is 26.0. The highest BCUT2D eigenvalue weighted by Gasteiger charge is 2.53. The first kappa shape index (κ1) is 31.2. The van der Waals surface area contributed by atoms with Crippen LogP contribution in [0.1, 0.15) is 104 Å². The lowest BCUT2D eigenvalue weighted by Gasteiger charge is -2.57. The van der Waals surface area contributed by atoms with Gasteiger partial charge in [-0.3, -0.25) is 34.2 Å². The van der Waals surface area contributed by atoms with Crippen LogP contribution in [0.15, 0.2) is 42.5 Å². The number of carbonyl (C=O) groups is 5. The molecule has 1 unspecified atom stereocenters. The number of carbonyl (C=O) groups excluding carboxylic acids is 5. The van der Waals surface area contributed by atoms with Crippen LogP contribution < -0.4 is 21.3 Å². The molecule has 5 rings (SSSR count). The SMILES string of the molecule is CC1(C)CC(C)(C)C1NC(=O)c1ccc(NCCCCCCNc2cccc3c2C(=O)N(C2CCC(=O)NC2=O)C3=O)cc1. The topological polar surface area (TPSA) is 137 Å². The molecule has 10 nitrogen and oxygen atoms in total. The molecule has 44 heavy (non-hydrogen) atoms. The molecule has 0 spiro atoms. The highest BCUT2D eigenvalue weighted by atomic mass is 16.2. The van der Waals surface area contributed by atoms with E-state index in [9.17, 15) is 24.0 Å². The highest BCUT2D eigenvalue weighted by molar-refractivity contribution is 6.25. The molecule has 1 saturated carbocycles. The number of nitrogens with one attached hydrogen (secondary N) is 4. The summed E-state index contributed by atoms with van der Waals surface area (Å²) in [5.41, 5.74) is 3.00.